The minimum Gasteiger partial charge on any atom is -0.355 e. The lowest BCUT2D eigenvalue weighted by molar-refractivity contribution is -0.123. The van der Waals surface area contributed by atoms with Gasteiger partial charge in [0.2, 0.25) is 5.91 Å². The predicted octanol–water partition coefficient (Wildman–Crippen LogP) is 2.76. The van der Waals surface area contributed by atoms with Crippen LogP contribution >= 0.6 is 0 Å². The molecule has 0 aliphatic rings. The van der Waals surface area contributed by atoms with Crippen molar-refractivity contribution in [3.05, 3.63) is 35.9 Å². The molecule has 0 fully saturated rings. The fraction of sp³-hybridized carbons (Fsp3) is 0.588. The van der Waals surface area contributed by atoms with E-state index in [0.29, 0.717) is 12.0 Å². The maximum Gasteiger partial charge on any atom is 0.237 e. The second-order valence-corrected chi connectivity index (χ2v) is 6.04. The maximum atomic E-state index is 12.3. The van der Waals surface area contributed by atoms with E-state index in [2.05, 4.69) is 50.5 Å². The molecule has 1 unspecified atom stereocenters. The first kappa shape index (κ1) is 16.7. The zero-order valence-electron chi connectivity index (χ0n) is 13.1. The van der Waals surface area contributed by atoms with E-state index in [4.69, 9.17) is 0 Å². The van der Waals surface area contributed by atoms with Gasteiger partial charge in [-0.15, -0.1) is 0 Å². The summed E-state index contributed by atoms with van der Waals surface area (Å²) >= 11 is 0. The summed E-state index contributed by atoms with van der Waals surface area (Å²) in [5, 5.41) is 6.39. The molecule has 0 radical (unpaired) electrons. The van der Waals surface area contributed by atoms with Crippen LogP contribution in [0.15, 0.2) is 30.3 Å². The fourth-order valence-corrected chi connectivity index (χ4v) is 2.09. The van der Waals surface area contributed by atoms with Crippen molar-refractivity contribution in [3.8, 4) is 0 Å². The van der Waals surface area contributed by atoms with Gasteiger partial charge in [0.15, 0.2) is 0 Å². The van der Waals surface area contributed by atoms with Gasteiger partial charge in [-0.05, 0) is 24.3 Å². The molecule has 3 nitrogen and oxygen atoms in total. The molecule has 0 heterocycles. The first-order valence-electron chi connectivity index (χ1n) is 7.56. The maximum absolute atomic E-state index is 12.3. The Balaban J connectivity index is 2.56. The third kappa shape index (κ3) is 6.71. The van der Waals surface area contributed by atoms with E-state index in [1.165, 1.54) is 5.56 Å². The molecule has 0 bridgehead atoms. The third-order valence-corrected chi connectivity index (χ3v) is 3.15. The van der Waals surface area contributed by atoms with Crippen LogP contribution in [0.4, 0.5) is 0 Å². The van der Waals surface area contributed by atoms with Gasteiger partial charge in [-0.25, -0.2) is 0 Å². The fourth-order valence-electron chi connectivity index (χ4n) is 2.09. The molecule has 1 aromatic rings. The highest BCUT2D eigenvalue weighted by Crippen LogP contribution is 2.05. The van der Waals surface area contributed by atoms with Gasteiger partial charge >= 0.3 is 0 Å². The van der Waals surface area contributed by atoms with Crippen LogP contribution in [0, 0.1) is 5.92 Å². The number of benzene rings is 1. The normalized spacial score (nSPS) is 12.7. The smallest absolute Gasteiger partial charge is 0.237 e. The minimum atomic E-state index is -0.162. The average molecular weight is 276 g/mol. The van der Waals surface area contributed by atoms with Gasteiger partial charge in [0.05, 0.1) is 6.04 Å². The quantitative estimate of drug-likeness (QED) is 0.766. The summed E-state index contributed by atoms with van der Waals surface area (Å²) in [6.07, 6.45) is 1.75. The lowest BCUT2D eigenvalue weighted by Gasteiger charge is -2.21. The Labute approximate surface area is 123 Å². The van der Waals surface area contributed by atoms with Gasteiger partial charge in [-0.2, -0.15) is 0 Å². The van der Waals surface area contributed by atoms with Gasteiger partial charge in [0.1, 0.15) is 0 Å². The van der Waals surface area contributed by atoms with Crippen molar-refractivity contribution >= 4 is 5.91 Å². The second-order valence-electron chi connectivity index (χ2n) is 6.04. The van der Waals surface area contributed by atoms with Crippen molar-refractivity contribution in [2.24, 2.45) is 5.92 Å². The van der Waals surface area contributed by atoms with Crippen molar-refractivity contribution in [2.45, 2.75) is 52.6 Å². The van der Waals surface area contributed by atoms with Crippen LogP contribution in [0.3, 0.4) is 0 Å². The van der Waals surface area contributed by atoms with Gasteiger partial charge < -0.3 is 10.6 Å². The Bertz CT molecular complexity index is 387. The number of hydrogen-bond acceptors (Lipinski definition) is 2. The van der Waals surface area contributed by atoms with Gasteiger partial charge in [0.25, 0.3) is 0 Å². The summed E-state index contributed by atoms with van der Waals surface area (Å²) in [5.74, 6) is 0.712. The van der Waals surface area contributed by atoms with E-state index in [0.717, 1.165) is 19.4 Å². The monoisotopic (exact) mass is 276 g/mol. The Morgan fingerprint density at radius 3 is 2.30 bits per heavy atom. The summed E-state index contributed by atoms with van der Waals surface area (Å²) in [5.41, 5.74) is 1.18. The lowest BCUT2D eigenvalue weighted by atomic mass is 10.0. The number of carbonyl (C=O) groups excluding carboxylic acids is 1. The Kier molecular flexibility index (Phi) is 7.31. The van der Waals surface area contributed by atoms with Crippen LogP contribution in [0.1, 0.15) is 39.7 Å². The molecule has 0 saturated carbocycles. The molecule has 1 aromatic carbocycles. The van der Waals surface area contributed by atoms with E-state index in [9.17, 15) is 4.79 Å². The SMILES string of the molecule is CC(C)CCNC(=O)C(Cc1ccccc1)NC(C)C. The number of amides is 1. The number of carbonyl (C=O) groups is 1. The van der Waals surface area contributed by atoms with Gasteiger partial charge in [-0.1, -0.05) is 58.0 Å². The molecule has 0 aromatic heterocycles. The molecular formula is C17H28N2O. The second kappa shape index (κ2) is 8.75. The summed E-state index contributed by atoms with van der Waals surface area (Å²) in [6, 6.07) is 10.3. The highest BCUT2D eigenvalue weighted by Gasteiger charge is 2.19. The molecule has 1 rings (SSSR count). The van der Waals surface area contributed by atoms with Crippen molar-refractivity contribution in [1.82, 2.24) is 10.6 Å². The molecule has 2 N–H and O–H groups in total. The van der Waals surface area contributed by atoms with Crippen molar-refractivity contribution in [2.75, 3.05) is 6.54 Å². The number of nitrogens with one attached hydrogen (secondary N) is 2. The molecule has 0 saturated heterocycles. The van der Waals surface area contributed by atoms with Crippen LogP contribution in [-0.4, -0.2) is 24.5 Å². The highest BCUT2D eigenvalue weighted by atomic mass is 16.2. The minimum absolute atomic E-state index is 0.100. The standard InChI is InChI=1S/C17H28N2O/c1-13(2)10-11-18-17(20)16(19-14(3)4)12-15-8-6-5-7-9-15/h5-9,13-14,16,19H,10-12H2,1-4H3,(H,18,20). The summed E-state index contributed by atoms with van der Waals surface area (Å²) < 4.78 is 0. The first-order valence-corrected chi connectivity index (χ1v) is 7.56. The molecule has 0 aliphatic heterocycles. The average Bonchev–Trinajstić information content (AvgIpc) is 2.38. The zero-order chi connectivity index (χ0) is 15.0. The van der Waals surface area contributed by atoms with Crippen LogP contribution in [0.2, 0.25) is 0 Å². The Morgan fingerprint density at radius 2 is 1.75 bits per heavy atom. The molecule has 20 heavy (non-hydrogen) atoms. The third-order valence-electron chi connectivity index (χ3n) is 3.15. The topological polar surface area (TPSA) is 41.1 Å². The van der Waals surface area contributed by atoms with E-state index >= 15 is 0 Å². The summed E-state index contributed by atoms with van der Waals surface area (Å²) in [7, 11) is 0. The van der Waals surface area contributed by atoms with Crippen LogP contribution in [0.5, 0.6) is 0 Å². The zero-order valence-corrected chi connectivity index (χ0v) is 13.1. The molecule has 1 atom stereocenters. The highest BCUT2D eigenvalue weighted by molar-refractivity contribution is 5.82. The van der Waals surface area contributed by atoms with E-state index in [-0.39, 0.29) is 11.9 Å². The Morgan fingerprint density at radius 1 is 1.10 bits per heavy atom. The molecular weight excluding hydrogens is 248 g/mol. The first-order chi connectivity index (χ1) is 9.49. The lowest BCUT2D eigenvalue weighted by Crippen LogP contribution is -2.48. The Hall–Kier alpha value is -1.35. The summed E-state index contributed by atoms with van der Waals surface area (Å²) in [6.45, 7) is 9.22. The largest absolute Gasteiger partial charge is 0.355 e. The van der Waals surface area contributed by atoms with Crippen LogP contribution in [0.25, 0.3) is 0 Å². The van der Waals surface area contributed by atoms with Crippen molar-refractivity contribution in [3.63, 3.8) is 0 Å². The van der Waals surface area contributed by atoms with Crippen molar-refractivity contribution in [1.29, 1.82) is 0 Å². The van der Waals surface area contributed by atoms with Gasteiger partial charge in [0, 0.05) is 12.6 Å². The number of rotatable bonds is 8. The molecule has 112 valence electrons. The molecule has 3 heteroatoms. The molecule has 0 aliphatic carbocycles. The van der Waals surface area contributed by atoms with Crippen LogP contribution < -0.4 is 10.6 Å². The molecule has 1 amide bonds. The van der Waals surface area contributed by atoms with E-state index < -0.39 is 0 Å². The van der Waals surface area contributed by atoms with Gasteiger partial charge in [-0.3, -0.25) is 4.79 Å². The van der Waals surface area contributed by atoms with Crippen molar-refractivity contribution < 1.29 is 4.79 Å². The summed E-state index contributed by atoms with van der Waals surface area (Å²) in [4.78, 5) is 12.3. The predicted molar refractivity (Wildman–Crippen MR) is 84.7 cm³/mol. The van der Waals surface area contributed by atoms with E-state index in [1.54, 1.807) is 0 Å². The molecule has 0 spiro atoms. The van der Waals surface area contributed by atoms with Crippen LogP contribution in [-0.2, 0) is 11.2 Å². The number of hydrogen-bond donors (Lipinski definition) is 2. The van der Waals surface area contributed by atoms with E-state index in [1.807, 2.05) is 18.2 Å².